The topological polar surface area (TPSA) is 95.5 Å². The molecule has 0 aromatic heterocycles. The van der Waals surface area contributed by atoms with E-state index in [1.165, 1.54) is 18.9 Å². The van der Waals surface area contributed by atoms with E-state index in [1.54, 1.807) is 49.6 Å². The number of esters is 1. The van der Waals surface area contributed by atoms with Crippen LogP contribution >= 0.6 is 0 Å². The van der Waals surface area contributed by atoms with E-state index in [0.717, 1.165) is 0 Å². The molecule has 3 aromatic rings. The minimum atomic E-state index is -0.529. The maximum absolute atomic E-state index is 12.4. The molecule has 0 spiro atoms. The Kier molecular flexibility index (Phi) is 8.83. The van der Waals surface area contributed by atoms with Crippen LogP contribution in [0.4, 0.5) is 0 Å². The van der Waals surface area contributed by atoms with E-state index in [2.05, 4.69) is 24.4 Å². The van der Waals surface area contributed by atoms with E-state index < -0.39 is 11.9 Å². The van der Waals surface area contributed by atoms with E-state index in [-0.39, 0.29) is 12.4 Å². The summed E-state index contributed by atoms with van der Waals surface area (Å²) in [7, 11) is 3.02. The van der Waals surface area contributed by atoms with Gasteiger partial charge in [-0.2, -0.15) is 5.10 Å². The van der Waals surface area contributed by atoms with Crippen LogP contribution in [0.2, 0.25) is 0 Å². The molecule has 1 amide bonds. The van der Waals surface area contributed by atoms with Gasteiger partial charge in [-0.25, -0.2) is 10.2 Å². The summed E-state index contributed by atoms with van der Waals surface area (Å²) in [6.07, 6.45) is 1.45. The van der Waals surface area contributed by atoms with E-state index in [0.29, 0.717) is 34.3 Å². The Bertz CT molecular complexity index is 1170. The lowest BCUT2D eigenvalue weighted by Gasteiger charge is -2.10. The normalized spacial score (nSPS) is 10.8. The minimum Gasteiger partial charge on any atom is -0.497 e. The number of ether oxygens (including phenoxy) is 4. The Labute approximate surface area is 204 Å². The quantitative estimate of drug-likeness (QED) is 0.199. The zero-order chi connectivity index (χ0) is 25.2. The van der Waals surface area contributed by atoms with Crippen LogP contribution in [0.3, 0.4) is 0 Å². The zero-order valence-electron chi connectivity index (χ0n) is 20.1. The van der Waals surface area contributed by atoms with E-state index >= 15 is 0 Å². The molecular weight excluding hydrogens is 448 g/mol. The second-order valence-corrected chi connectivity index (χ2v) is 7.83. The number of rotatable bonds is 10. The van der Waals surface area contributed by atoms with Gasteiger partial charge in [0.05, 0.1) is 26.0 Å². The fourth-order valence-electron chi connectivity index (χ4n) is 3.04. The molecule has 0 aliphatic rings. The molecular formula is C27H28N2O6. The van der Waals surface area contributed by atoms with Gasteiger partial charge < -0.3 is 18.9 Å². The molecule has 0 saturated carbocycles. The molecule has 8 nitrogen and oxygen atoms in total. The molecule has 0 unspecified atom stereocenters. The molecule has 0 heterocycles. The van der Waals surface area contributed by atoms with Gasteiger partial charge in [0.25, 0.3) is 5.91 Å². The number of hydrogen-bond donors (Lipinski definition) is 1. The van der Waals surface area contributed by atoms with Crippen molar-refractivity contribution in [3.05, 3.63) is 83.4 Å². The summed E-state index contributed by atoms with van der Waals surface area (Å²) >= 11 is 0. The number of carbonyl (C=O) groups is 2. The summed E-state index contributed by atoms with van der Waals surface area (Å²) in [5.41, 5.74) is 4.62. The molecule has 3 rings (SSSR count). The van der Waals surface area contributed by atoms with Crippen LogP contribution in [0.25, 0.3) is 0 Å². The summed E-state index contributed by atoms with van der Waals surface area (Å²) in [6.45, 7) is 4.06. The molecule has 0 fully saturated rings. The lowest BCUT2D eigenvalue weighted by molar-refractivity contribution is -0.123. The van der Waals surface area contributed by atoms with Crippen molar-refractivity contribution in [2.24, 2.45) is 5.10 Å². The summed E-state index contributed by atoms with van der Waals surface area (Å²) in [6, 6.07) is 19.1. The molecule has 182 valence electrons. The Hall–Kier alpha value is -4.33. The van der Waals surface area contributed by atoms with Crippen LogP contribution in [-0.2, 0) is 4.79 Å². The van der Waals surface area contributed by atoms with Crippen molar-refractivity contribution in [2.75, 3.05) is 20.8 Å². The molecule has 0 saturated heterocycles. The number of methoxy groups -OCH3 is 2. The van der Waals surface area contributed by atoms with E-state index in [9.17, 15) is 9.59 Å². The summed E-state index contributed by atoms with van der Waals surface area (Å²) < 4.78 is 21.4. The van der Waals surface area contributed by atoms with Crippen LogP contribution in [0.1, 0.15) is 41.3 Å². The van der Waals surface area contributed by atoms with Crippen molar-refractivity contribution >= 4 is 18.1 Å². The van der Waals surface area contributed by atoms with Gasteiger partial charge in [0, 0.05) is 0 Å². The molecule has 0 atom stereocenters. The highest BCUT2D eigenvalue weighted by molar-refractivity contribution is 5.92. The summed E-state index contributed by atoms with van der Waals surface area (Å²) in [5, 5.41) is 3.94. The number of nitrogens with zero attached hydrogens (tertiary/aromatic N) is 1. The Balaban J connectivity index is 1.53. The zero-order valence-corrected chi connectivity index (χ0v) is 20.1. The fraction of sp³-hybridized carbons (Fsp3) is 0.222. The maximum Gasteiger partial charge on any atom is 0.343 e. The van der Waals surface area contributed by atoms with Crippen LogP contribution in [-0.4, -0.2) is 38.9 Å². The predicted octanol–water partition coefficient (Wildman–Crippen LogP) is 4.58. The van der Waals surface area contributed by atoms with Gasteiger partial charge in [-0.3, -0.25) is 4.79 Å². The Morgan fingerprint density at radius 1 is 0.886 bits per heavy atom. The van der Waals surface area contributed by atoms with Crippen molar-refractivity contribution in [1.82, 2.24) is 5.43 Å². The van der Waals surface area contributed by atoms with Gasteiger partial charge in [-0.15, -0.1) is 0 Å². The van der Waals surface area contributed by atoms with Crippen molar-refractivity contribution in [2.45, 2.75) is 19.8 Å². The third-order valence-corrected chi connectivity index (χ3v) is 5.04. The first-order valence-corrected chi connectivity index (χ1v) is 11.0. The van der Waals surface area contributed by atoms with Crippen molar-refractivity contribution in [1.29, 1.82) is 0 Å². The second-order valence-electron chi connectivity index (χ2n) is 7.83. The number of nitrogens with one attached hydrogen (secondary N) is 1. The molecule has 0 aliphatic carbocycles. The second kappa shape index (κ2) is 12.2. The number of hydrazone groups is 1. The highest BCUT2D eigenvalue weighted by Crippen LogP contribution is 2.28. The average Bonchev–Trinajstić information content (AvgIpc) is 2.88. The van der Waals surface area contributed by atoms with Gasteiger partial charge in [0.1, 0.15) is 11.5 Å². The molecule has 0 aliphatic heterocycles. The monoisotopic (exact) mass is 476 g/mol. The molecule has 3 aromatic carbocycles. The van der Waals surface area contributed by atoms with Gasteiger partial charge in [0.15, 0.2) is 18.1 Å². The number of benzene rings is 3. The summed E-state index contributed by atoms with van der Waals surface area (Å²) in [4.78, 5) is 24.4. The standard InChI is InChI=1S/C27H28N2O6/c1-18(2)20-6-12-23(13-7-20)34-17-26(30)29-28-16-19-5-14-24(25(15-19)33-4)35-27(31)21-8-10-22(32-3)11-9-21/h5-16,18H,17H2,1-4H3,(H,29,30). The molecule has 8 heteroatoms. The molecule has 0 bridgehead atoms. The van der Waals surface area contributed by atoms with E-state index in [1.807, 2.05) is 24.3 Å². The first kappa shape index (κ1) is 25.3. The van der Waals surface area contributed by atoms with Gasteiger partial charge in [-0.05, 0) is 71.6 Å². The largest absolute Gasteiger partial charge is 0.497 e. The molecule has 35 heavy (non-hydrogen) atoms. The van der Waals surface area contributed by atoms with Crippen LogP contribution in [0.5, 0.6) is 23.0 Å². The first-order chi connectivity index (χ1) is 16.9. The third-order valence-electron chi connectivity index (χ3n) is 5.04. The third kappa shape index (κ3) is 7.33. The van der Waals surface area contributed by atoms with Crippen LogP contribution < -0.4 is 24.4 Å². The van der Waals surface area contributed by atoms with E-state index in [4.69, 9.17) is 18.9 Å². The number of amides is 1. The Morgan fingerprint density at radius 2 is 1.57 bits per heavy atom. The average molecular weight is 477 g/mol. The van der Waals surface area contributed by atoms with Gasteiger partial charge >= 0.3 is 5.97 Å². The molecule has 0 radical (unpaired) electrons. The van der Waals surface area contributed by atoms with Crippen molar-refractivity contribution in [3.63, 3.8) is 0 Å². The highest BCUT2D eigenvalue weighted by atomic mass is 16.6. The molecule has 1 N–H and O–H groups in total. The number of carbonyl (C=O) groups excluding carboxylic acids is 2. The lowest BCUT2D eigenvalue weighted by Crippen LogP contribution is -2.24. The van der Waals surface area contributed by atoms with Crippen molar-refractivity contribution in [3.8, 4) is 23.0 Å². The van der Waals surface area contributed by atoms with Crippen molar-refractivity contribution < 1.29 is 28.5 Å². The highest BCUT2D eigenvalue weighted by Gasteiger charge is 2.13. The Morgan fingerprint density at radius 3 is 2.20 bits per heavy atom. The smallest absolute Gasteiger partial charge is 0.343 e. The SMILES string of the molecule is COc1ccc(C(=O)Oc2ccc(C=NNC(=O)COc3ccc(C(C)C)cc3)cc2OC)cc1. The van der Waals surface area contributed by atoms with Crippen LogP contribution in [0.15, 0.2) is 71.8 Å². The van der Waals surface area contributed by atoms with Gasteiger partial charge in [-0.1, -0.05) is 26.0 Å². The summed E-state index contributed by atoms with van der Waals surface area (Å²) in [5.74, 6) is 1.35. The predicted molar refractivity (Wildman–Crippen MR) is 133 cm³/mol. The maximum atomic E-state index is 12.4. The first-order valence-electron chi connectivity index (χ1n) is 11.0. The lowest BCUT2D eigenvalue weighted by atomic mass is 10.0. The van der Waals surface area contributed by atoms with Crippen LogP contribution in [0, 0.1) is 0 Å². The minimum absolute atomic E-state index is 0.165. The fourth-order valence-corrected chi connectivity index (χ4v) is 3.04. The number of hydrogen-bond acceptors (Lipinski definition) is 7. The van der Waals surface area contributed by atoms with Gasteiger partial charge in [0.2, 0.25) is 0 Å².